The van der Waals surface area contributed by atoms with Crippen molar-refractivity contribution in [1.82, 2.24) is 19.8 Å². The first-order chi connectivity index (χ1) is 12.1. The molecule has 0 radical (unpaired) electrons. The SMILES string of the molecule is COc1ccccc1C1CNCCN1C(=O)Cn1ccc(=O)[nH]c1=O. The zero-order chi connectivity index (χ0) is 17.8. The molecule has 1 aliphatic rings. The minimum absolute atomic E-state index is 0.124. The van der Waals surface area contributed by atoms with Crippen LogP contribution in [0.2, 0.25) is 0 Å². The van der Waals surface area contributed by atoms with Gasteiger partial charge in [0.15, 0.2) is 0 Å². The van der Waals surface area contributed by atoms with Crippen molar-refractivity contribution in [3.05, 3.63) is 62.9 Å². The van der Waals surface area contributed by atoms with Crippen molar-refractivity contribution >= 4 is 5.91 Å². The van der Waals surface area contributed by atoms with E-state index in [-0.39, 0.29) is 18.5 Å². The highest BCUT2D eigenvalue weighted by atomic mass is 16.5. The number of nitrogens with zero attached hydrogens (tertiary/aromatic N) is 2. The van der Waals surface area contributed by atoms with Gasteiger partial charge in [-0.2, -0.15) is 0 Å². The number of para-hydroxylation sites is 1. The van der Waals surface area contributed by atoms with E-state index in [0.717, 1.165) is 11.3 Å². The molecule has 3 rings (SSSR count). The van der Waals surface area contributed by atoms with Gasteiger partial charge in [0, 0.05) is 37.5 Å². The van der Waals surface area contributed by atoms with Gasteiger partial charge < -0.3 is 15.0 Å². The number of carbonyl (C=O) groups excluding carboxylic acids is 1. The summed E-state index contributed by atoms with van der Waals surface area (Å²) >= 11 is 0. The van der Waals surface area contributed by atoms with Crippen LogP contribution < -0.4 is 21.3 Å². The van der Waals surface area contributed by atoms with E-state index in [1.54, 1.807) is 12.0 Å². The molecule has 1 atom stereocenters. The standard InChI is InChI=1S/C17H20N4O4/c1-25-14-5-3-2-4-12(14)13-10-18-7-9-21(13)16(23)11-20-8-6-15(22)19-17(20)24/h2-6,8,13,18H,7,9-11H2,1H3,(H,19,22,24). The molecule has 1 aromatic heterocycles. The van der Waals surface area contributed by atoms with Gasteiger partial charge in [0.25, 0.3) is 5.56 Å². The maximum Gasteiger partial charge on any atom is 0.328 e. The number of ether oxygens (including phenoxy) is 1. The molecule has 1 amide bonds. The van der Waals surface area contributed by atoms with E-state index in [1.165, 1.54) is 16.8 Å². The number of hydrogen-bond donors (Lipinski definition) is 2. The zero-order valence-corrected chi connectivity index (χ0v) is 13.9. The first-order valence-electron chi connectivity index (χ1n) is 8.03. The molecular weight excluding hydrogens is 324 g/mol. The van der Waals surface area contributed by atoms with Crippen LogP contribution in [-0.4, -0.2) is 47.1 Å². The molecule has 8 heteroatoms. The van der Waals surface area contributed by atoms with Crippen molar-refractivity contribution in [2.24, 2.45) is 0 Å². The number of aromatic nitrogens is 2. The van der Waals surface area contributed by atoms with Crippen molar-refractivity contribution in [2.45, 2.75) is 12.6 Å². The molecule has 0 bridgehead atoms. The Morgan fingerprint density at radius 3 is 2.84 bits per heavy atom. The maximum atomic E-state index is 12.8. The van der Waals surface area contributed by atoms with E-state index in [9.17, 15) is 14.4 Å². The topological polar surface area (TPSA) is 96.4 Å². The van der Waals surface area contributed by atoms with Crippen LogP contribution in [0.25, 0.3) is 0 Å². The highest BCUT2D eigenvalue weighted by Crippen LogP contribution is 2.30. The summed E-state index contributed by atoms with van der Waals surface area (Å²) < 4.78 is 6.62. The van der Waals surface area contributed by atoms with E-state index in [0.29, 0.717) is 19.6 Å². The average molecular weight is 344 g/mol. The van der Waals surface area contributed by atoms with Gasteiger partial charge in [-0.25, -0.2) is 4.79 Å². The van der Waals surface area contributed by atoms with Gasteiger partial charge in [-0.1, -0.05) is 18.2 Å². The summed E-state index contributed by atoms with van der Waals surface area (Å²) in [5.74, 6) is 0.529. The molecule has 1 unspecified atom stereocenters. The normalized spacial score (nSPS) is 17.3. The fourth-order valence-corrected chi connectivity index (χ4v) is 3.03. The Labute approximate surface area is 144 Å². The second-order valence-electron chi connectivity index (χ2n) is 5.79. The second-order valence-corrected chi connectivity index (χ2v) is 5.79. The van der Waals surface area contributed by atoms with Crippen molar-refractivity contribution in [1.29, 1.82) is 0 Å². The lowest BCUT2D eigenvalue weighted by Crippen LogP contribution is -2.50. The minimum atomic E-state index is -0.593. The van der Waals surface area contributed by atoms with Crippen LogP contribution in [-0.2, 0) is 11.3 Å². The molecule has 132 valence electrons. The summed E-state index contributed by atoms with van der Waals surface area (Å²) in [6.07, 6.45) is 1.33. The Balaban J connectivity index is 1.86. The fraction of sp³-hybridized carbons (Fsp3) is 0.353. The van der Waals surface area contributed by atoms with Crippen molar-refractivity contribution < 1.29 is 9.53 Å². The number of H-pyrrole nitrogens is 1. The molecular formula is C17H20N4O4. The van der Waals surface area contributed by atoms with Gasteiger partial charge in [-0.15, -0.1) is 0 Å². The predicted molar refractivity (Wildman–Crippen MR) is 91.6 cm³/mol. The monoisotopic (exact) mass is 344 g/mol. The number of amides is 1. The van der Waals surface area contributed by atoms with E-state index in [1.807, 2.05) is 24.3 Å². The van der Waals surface area contributed by atoms with Crippen LogP contribution in [0.4, 0.5) is 0 Å². The Hall–Kier alpha value is -2.87. The average Bonchev–Trinajstić information content (AvgIpc) is 2.64. The minimum Gasteiger partial charge on any atom is -0.496 e. The molecule has 0 aliphatic carbocycles. The van der Waals surface area contributed by atoms with Crippen molar-refractivity contribution in [3.63, 3.8) is 0 Å². The predicted octanol–water partition coefficient (Wildman–Crippen LogP) is -0.282. The Morgan fingerprint density at radius 2 is 2.08 bits per heavy atom. The van der Waals surface area contributed by atoms with E-state index >= 15 is 0 Å². The van der Waals surface area contributed by atoms with E-state index in [2.05, 4.69) is 10.3 Å². The van der Waals surface area contributed by atoms with Gasteiger partial charge in [0.1, 0.15) is 12.3 Å². The number of aromatic amines is 1. The second kappa shape index (κ2) is 7.35. The van der Waals surface area contributed by atoms with Crippen molar-refractivity contribution in [2.75, 3.05) is 26.7 Å². The molecule has 25 heavy (non-hydrogen) atoms. The number of piperazine rings is 1. The number of benzene rings is 1. The molecule has 0 saturated carbocycles. The molecule has 2 heterocycles. The molecule has 1 fully saturated rings. The Kier molecular flexibility index (Phi) is 4.99. The van der Waals surface area contributed by atoms with Crippen LogP contribution in [0.1, 0.15) is 11.6 Å². The van der Waals surface area contributed by atoms with E-state index in [4.69, 9.17) is 4.74 Å². The number of rotatable bonds is 4. The molecule has 1 saturated heterocycles. The van der Waals surface area contributed by atoms with Gasteiger partial charge in [-0.05, 0) is 6.07 Å². The first kappa shape index (κ1) is 17.0. The van der Waals surface area contributed by atoms with Gasteiger partial charge in [0.2, 0.25) is 5.91 Å². The third-order valence-electron chi connectivity index (χ3n) is 4.26. The molecule has 8 nitrogen and oxygen atoms in total. The summed E-state index contributed by atoms with van der Waals surface area (Å²) in [5.41, 5.74) is -0.160. The smallest absolute Gasteiger partial charge is 0.328 e. The van der Waals surface area contributed by atoms with Crippen molar-refractivity contribution in [3.8, 4) is 5.75 Å². The molecule has 1 aromatic carbocycles. The number of methoxy groups -OCH3 is 1. The van der Waals surface area contributed by atoms with Crippen LogP contribution >= 0.6 is 0 Å². The van der Waals surface area contributed by atoms with Gasteiger partial charge >= 0.3 is 5.69 Å². The summed E-state index contributed by atoms with van der Waals surface area (Å²) in [5, 5.41) is 3.29. The summed E-state index contributed by atoms with van der Waals surface area (Å²) in [7, 11) is 1.60. The fourth-order valence-electron chi connectivity index (χ4n) is 3.03. The largest absolute Gasteiger partial charge is 0.496 e. The number of nitrogens with one attached hydrogen (secondary N) is 2. The van der Waals surface area contributed by atoms with Crippen LogP contribution in [0.15, 0.2) is 46.1 Å². The van der Waals surface area contributed by atoms with Crippen LogP contribution in [0, 0.1) is 0 Å². The van der Waals surface area contributed by atoms with Crippen LogP contribution in [0.3, 0.4) is 0 Å². The van der Waals surface area contributed by atoms with Gasteiger partial charge in [0.05, 0.1) is 13.2 Å². The third-order valence-corrected chi connectivity index (χ3v) is 4.26. The Morgan fingerprint density at radius 1 is 1.28 bits per heavy atom. The summed E-state index contributed by atoms with van der Waals surface area (Å²) in [6, 6.07) is 8.62. The highest BCUT2D eigenvalue weighted by Gasteiger charge is 2.29. The summed E-state index contributed by atoms with van der Waals surface area (Å²) in [6.45, 7) is 1.69. The summed E-state index contributed by atoms with van der Waals surface area (Å²) in [4.78, 5) is 39.7. The lowest BCUT2D eigenvalue weighted by atomic mass is 10.0. The van der Waals surface area contributed by atoms with Gasteiger partial charge in [-0.3, -0.25) is 19.1 Å². The van der Waals surface area contributed by atoms with Crippen LogP contribution in [0.5, 0.6) is 5.75 Å². The third kappa shape index (κ3) is 3.63. The Bertz CT molecular complexity index is 873. The zero-order valence-electron chi connectivity index (χ0n) is 13.9. The first-order valence-corrected chi connectivity index (χ1v) is 8.03. The maximum absolute atomic E-state index is 12.8. The quantitative estimate of drug-likeness (QED) is 0.795. The number of carbonyl (C=O) groups is 1. The molecule has 0 spiro atoms. The molecule has 1 aliphatic heterocycles. The lowest BCUT2D eigenvalue weighted by molar-refractivity contribution is -0.135. The highest BCUT2D eigenvalue weighted by molar-refractivity contribution is 5.77. The molecule has 2 N–H and O–H groups in total. The number of hydrogen-bond acceptors (Lipinski definition) is 5. The van der Waals surface area contributed by atoms with E-state index < -0.39 is 11.2 Å². The molecule has 2 aromatic rings. The lowest BCUT2D eigenvalue weighted by Gasteiger charge is -2.37.